The van der Waals surface area contributed by atoms with Crippen LogP contribution in [0, 0.1) is 0 Å². The SMILES string of the molecule is CCc1c(C(=O)OC(C)(C)C)[nH]c(CNc2ncccn2)c1C(=O)OC. The van der Waals surface area contributed by atoms with Gasteiger partial charge < -0.3 is 19.8 Å². The first-order valence-corrected chi connectivity index (χ1v) is 8.33. The van der Waals surface area contributed by atoms with E-state index < -0.39 is 17.5 Å². The van der Waals surface area contributed by atoms with Crippen molar-refractivity contribution in [2.75, 3.05) is 12.4 Å². The number of esters is 2. The third kappa shape index (κ3) is 4.59. The van der Waals surface area contributed by atoms with Gasteiger partial charge in [-0.15, -0.1) is 0 Å². The number of nitrogens with one attached hydrogen (secondary N) is 2. The summed E-state index contributed by atoms with van der Waals surface area (Å²) in [4.78, 5) is 36.0. The smallest absolute Gasteiger partial charge is 0.355 e. The van der Waals surface area contributed by atoms with Gasteiger partial charge in [0.2, 0.25) is 5.95 Å². The largest absolute Gasteiger partial charge is 0.465 e. The van der Waals surface area contributed by atoms with Crippen LogP contribution in [0.15, 0.2) is 18.5 Å². The molecule has 0 amide bonds. The Balaban J connectivity index is 2.39. The fourth-order valence-electron chi connectivity index (χ4n) is 2.49. The van der Waals surface area contributed by atoms with E-state index in [0.29, 0.717) is 29.2 Å². The zero-order valence-corrected chi connectivity index (χ0v) is 15.7. The average molecular weight is 360 g/mol. The molecule has 0 aliphatic heterocycles. The Hall–Kier alpha value is -2.90. The molecule has 0 aliphatic rings. The van der Waals surface area contributed by atoms with Crippen molar-refractivity contribution in [3.05, 3.63) is 41.0 Å². The van der Waals surface area contributed by atoms with Crippen molar-refractivity contribution in [3.8, 4) is 0 Å². The first-order valence-electron chi connectivity index (χ1n) is 8.33. The van der Waals surface area contributed by atoms with Crippen LogP contribution in [0.2, 0.25) is 0 Å². The van der Waals surface area contributed by atoms with Crippen LogP contribution in [0.5, 0.6) is 0 Å². The minimum absolute atomic E-state index is 0.226. The highest BCUT2D eigenvalue weighted by atomic mass is 16.6. The fourth-order valence-corrected chi connectivity index (χ4v) is 2.49. The molecule has 0 radical (unpaired) electrons. The van der Waals surface area contributed by atoms with Crippen molar-refractivity contribution >= 4 is 17.9 Å². The Kier molecular flexibility index (Phi) is 5.97. The fraction of sp³-hybridized carbons (Fsp3) is 0.444. The summed E-state index contributed by atoms with van der Waals surface area (Å²) in [7, 11) is 1.30. The maximum atomic E-state index is 12.5. The number of carbonyl (C=O) groups excluding carboxylic acids is 2. The Morgan fingerprint density at radius 3 is 2.38 bits per heavy atom. The maximum Gasteiger partial charge on any atom is 0.355 e. The summed E-state index contributed by atoms with van der Waals surface area (Å²) in [6.45, 7) is 7.45. The highest BCUT2D eigenvalue weighted by Crippen LogP contribution is 2.24. The zero-order chi connectivity index (χ0) is 19.3. The van der Waals surface area contributed by atoms with E-state index in [1.807, 2.05) is 6.92 Å². The van der Waals surface area contributed by atoms with Crippen LogP contribution in [0.3, 0.4) is 0 Å². The number of aromatic amines is 1. The van der Waals surface area contributed by atoms with Gasteiger partial charge in [0.25, 0.3) is 0 Å². The molecule has 0 spiro atoms. The van der Waals surface area contributed by atoms with Crippen LogP contribution in [0.4, 0.5) is 5.95 Å². The lowest BCUT2D eigenvalue weighted by Crippen LogP contribution is -2.24. The number of carbonyl (C=O) groups is 2. The van der Waals surface area contributed by atoms with Gasteiger partial charge in [0, 0.05) is 18.1 Å². The molecule has 0 unspecified atom stereocenters. The summed E-state index contributed by atoms with van der Waals surface area (Å²) in [6.07, 6.45) is 3.68. The Labute approximate surface area is 152 Å². The molecule has 0 saturated carbocycles. The van der Waals surface area contributed by atoms with E-state index in [-0.39, 0.29) is 12.2 Å². The zero-order valence-electron chi connectivity index (χ0n) is 15.7. The normalized spacial score (nSPS) is 11.1. The maximum absolute atomic E-state index is 12.5. The minimum atomic E-state index is -0.644. The second-order valence-electron chi connectivity index (χ2n) is 6.61. The van der Waals surface area contributed by atoms with E-state index in [9.17, 15) is 9.59 Å². The molecule has 2 rings (SSSR count). The number of rotatable bonds is 6. The van der Waals surface area contributed by atoms with Crippen LogP contribution in [0.25, 0.3) is 0 Å². The Morgan fingerprint density at radius 2 is 1.85 bits per heavy atom. The van der Waals surface area contributed by atoms with Crippen LogP contribution < -0.4 is 5.32 Å². The van der Waals surface area contributed by atoms with Gasteiger partial charge in [0.1, 0.15) is 11.3 Å². The first-order chi connectivity index (χ1) is 12.3. The number of H-pyrrole nitrogens is 1. The summed E-state index contributed by atoms with van der Waals surface area (Å²) >= 11 is 0. The van der Waals surface area contributed by atoms with E-state index >= 15 is 0 Å². The molecule has 140 valence electrons. The van der Waals surface area contributed by atoms with Crippen LogP contribution >= 0.6 is 0 Å². The quantitative estimate of drug-likeness (QED) is 0.763. The molecule has 0 atom stereocenters. The molecule has 2 heterocycles. The van der Waals surface area contributed by atoms with Crippen molar-refractivity contribution < 1.29 is 19.1 Å². The lowest BCUT2D eigenvalue weighted by atomic mass is 10.1. The van der Waals surface area contributed by atoms with E-state index in [1.54, 1.807) is 39.2 Å². The van der Waals surface area contributed by atoms with Gasteiger partial charge in [-0.2, -0.15) is 0 Å². The predicted octanol–water partition coefficient (Wildman–Crippen LogP) is 2.72. The van der Waals surface area contributed by atoms with E-state index in [4.69, 9.17) is 9.47 Å². The molecule has 2 N–H and O–H groups in total. The second-order valence-corrected chi connectivity index (χ2v) is 6.61. The van der Waals surface area contributed by atoms with Crippen LogP contribution in [-0.4, -0.2) is 39.6 Å². The molecule has 26 heavy (non-hydrogen) atoms. The number of methoxy groups -OCH3 is 1. The summed E-state index contributed by atoms with van der Waals surface area (Å²) in [5.74, 6) is -0.616. The van der Waals surface area contributed by atoms with Crippen molar-refractivity contribution in [1.29, 1.82) is 0 Å². The molecule has 0 aromatic carbocycles. The summed E-state index contributed by atoms with van der Waals surface area (Å²) in [5, 5.41) is 3.02. The molecule has 8 heteroatoms. The molecule has 0 saturated heterocycles. The topological polar surface area (TPSA) is 106 Å². The van der Waals surface area contributed by atoms with Crippen LogP contribution in [-0.2, 0) is 22.4 Å². The highest BCUT2D eigenvalue weighted by Gasteiger charge is 2.28. The van der Waals surface area contributed by atoms with Gasteiger partial charge in [0.05, 0.1) is 19.2 Å². The van der Waals surface area contributed by atoms with E-state index in [1.165, 1.54) is 7.11 Å². The molecule has 0 bridgehead atoms. The molecular formula is C18H24N4O4. The minimum Gasteiger partial charge on any atom is -0.465 e. The summed E-state index contributed by atoms with van der Waals surface area (Å²) in [5.41, 5.74) is 1.03. The molecule has 0 aliphatic carbocycles. The monoisotopic (exact) mass is 360 g/mol. The van der Waals surface area contributed by atoms with Gasteiger partial charge in [-0.1, -0.05) is 6.92 Å². The molecule has 2 aromatic rings. The van der Waals surface area contributed by atoms with Crippen molar-refractivity contribution in [2.24, 2.45) is 0 Å². The molecule has 8 nitrogen and oxygen atoms in total. The summed E-state index contributed by atoms with van der Waals surface area (Å²) in [6, 6.07) is 1.70. The second kappa shape index (κ2) is 7.99. The van der Waals surface area contributed by atoms with Crippen LogP contribution in [0.1, 0.15) is 59.8 Å². The Bertz CT molecular complexity index is 778. The average Bonchev–Trinajstić information content (AvgIpc) is 2.97. The van der Waals surface area contributed by atoms with Gasteiger partial charge >= 0.3 is 11.9 Å². The summed E-state index contributed by atoms with van der Waals surface area (Å²) < 4.78 is 10.3. The lowest BCUT2D eigenvalue weighted by molar-refractivity contribution is 0.00622. The lowest BCUT2D eigenvalue weighted by Gasteiger charge is -2.19. The first kappa shape index (κ1) is 19.4. The number of ether oxygens (including phenoxy) is 2. The Morgan fingerprint density at radius 1 is 1.19 bits per heavy atom. The third-order valence-electron chi connectivity index (χ3n) is 3.52. The predicted molar refractivity (Wildman–Crippen MR) is 96.0 cm³/mol. The number of anilines is 1. The third-order valence-corrected chi connectivity index (χ3v) is 3.52. The molecule has 0 fully saturated rings. The highest BCUT2D eigenvalue weighted by molar-refractivity contribution is 5.99. The number of hydrogen-bond acceptors (Lipinski definition) is 7. The van der Waals surface area contributed by atoms with E-state index in [2.05, 4.69) is 20.3 Å². The number of nitrogens with zero attached hydrogens (tertiary/aromatic N) is 2. The number of aromatic nitrogens is 3. The molecular weight excluding hydrogens is 336 g/mol. The van der Waals surface area contributed by atoms with Crippen molar-refractivity contribution in [3.63, 3.8) is 0 Å². The molecule has 2 aromatic heterocycles. The number of hydrogen-bond donors (Lipinski definition) is 2. The van der Waals surface area contributed by atoms with Crippen molar-refractivity contribution in [2.45, 2.75) is 46.3 Å². The van der Waals surface area contributed by atoms with Gasteiger partial charge in [-0.05, 0) is 38.8 Å². The van der Waals surface area contributed by atoms with Gasteiger partial charge in [-0.3, -0.25) is 0 Å². The van der Waals surface area contributed by atoms with Gasteiger partial charge in [-0.25, -0.2) is 19.6 Å². The van der Waals surface area contributed by atoms with Crippen molar-refractivity contribution in [1.82, 2.24) is 15.0 Å². The van der Waals surface area contributed by atoms with E-state index in [0.717, 1.165) is 0 Å². The standard InChI is InChI=1S/C18H24N4O4/c1-6-11-13(15(23)25-5)12(10-21-17-19-8-7-9-20-17)22-14(11)16(24)26-18(2,3)4/h7-9,22H,6,10H2,1-5H3,(H,19,20,21). The van der Waals surface area contributed by atoms with Gasteiger partial charge in [0.15, 0.2) is 0 Å².